The van der Waals surface area contributed by atoms with Gasteiger partial charge in [0.05, 0.1) is 11.3 Å². The molecule has 4 aromatic carbocycles. The Kier molecular flexibility index (Phi) is 4.39. The summed E-state index contributed by atoms with van der Waals surface area (Å²) in [7, 11) is 0. The van der Waals surface area contributed by atoms with E-state index in [2.05, 4.69) is 5.32 Å². The molecule has 0 fully saturated rings. The number of carbonyl (C=O) groups excluding carboxylic acids is 2. The van der Waals surface area contributed by atoms with Crippen molar-refractivity contribution in [1.29, 1.82) is 0 Å². The molecule has 0 heterocycles. The Morgan fingerprint density at radius 1 is 0.714 bits per heavy atom. The van der Waals surface area contributed by atoms with Gasteiger partial charge >= 0.3 is 0 Å². The molecular weight excluding hydrogens is 354 g/mol. The molecule has 0 saturated carbocycles. The van der Waals surface area contributed by atoms with E-state index in [1.165, 1.54) is 0 Å². The average Bonchev–Trinajstić information content (AvgIpc) is 2.72. The predicted molar refractivity (Wildman–Crippen MR) is 110 cm³/mol. The Labute approximate surface area is 160 Å². The largest absolute Gasteiger partial charge is 0.398 e. The Morgan fingerprint density at radius 2 is 1.25 bits per heavy atom. The first-order valence-corrected chi connectivity index (χ1v) is 8.65. The second-order valence-corrected chi connectivity index (χ2v) is 6.36. The highest BCUT2D eigenvalue weighted by Crippen LogP contribution is 2.30. The monoisotopic (exact) mass is 371 g/mol. The smallest absolute Gasteiger partial charge is 0.275 e. The van der Waals surface area contributed by atoms with E-state index in [4.69, 9.17) is 10.9 Å². The van der Waals surface area contributed by atoms with Crippen molar-refractivity contribution in [3.05, 3.63) is 83.9 Å². The fourth-order valence-corrected chi connectivity index (χ4v) is 3.44. The normalized spacial score (nSPS) is 10.8. The van der Waals surface area contributed by atoms with Crippen LogP contribution in [0, 0.1) is 0 Å². The van der Waals surface area contributed by atoms with Crippen LogP contribution in [-0.4, -0.2) is 17.0 Å². The van der Waals surface area contributed by atoms with Crippen LogP contribution in [0.4, 0.5) is 11.4 Å². The Bertz CT molecular complexity index is 1220. The fraction of sp³-hybridized carbons (Fsp3) is 0. The number of hydroxylamine groups is 1. The van der Waals surface area contributed by atoms with E-state index < -0.39 is 5.91 Å². The lowest BCUT2D eigenvalue weighted by molar-refractivity contribution is 0.0708. The zero-order chi connectivity index (χ0) is 19.7. The maximum Gasteiger partial charge on any atom is 0.275 e. The number of benzene rings is 4. The number of nitrogen functional groups attached to an aromatic ring is 1. The predicted octanol–water partition coefficient (Wildman–Crippen LogP) is 3.95. The van der Waals surface area contributed by atoms with Crippen LogP contribution in [0.2, 0.25) is 0 Å². The average molecular weight is 371 g/mol. The van der Waals surface area contributed by atoms with Gasteiger partial charge in [-0.05, 0) is 35.0 Å². The molecule has 0 spiro atoms. The second kappa shape index (κ2) is 7.02. The molecule has 138 valence electrons. The van der Waals surface area contributed by atoms with Gasteiger partial charge in [-0.15, -0.1) is 0 Å². The third-order valence-electron chi connectivity index (χ3n) is 4.68. The highest BCUT2D eigenvalue weighted by molar-refractivity contribution is 6.20. The van der Waals surface area contributed by atoms with E-state index >= 15 is 0 Å². The summed E-state index contributed by atoms with van der Waals surface area (Å²) in [6.07, 6.45) is 0. The van der Waals surface area contributed by atoms with E-state index in [1.54, 1.807) is 54.0 Å². The van der Waals surface area contributed by atoms with Crippen LogP contribution in [0.5, 0.6) is 0 Å². The van der Waals surface area contributed by atoms with Crippen molar-refractivity contribution in [3.63, 3.8) is 0 Å². The summed E-state index contributed by atoms with van der Waals surface area (Å²) in [4.78, 5) is 25.2. The van der Waals surface area contributed by atoms with Gasteiger partial charge in [0.1, 0.15) is 0 Å². The Balaban J connectivity index is 1.84. The maximum atomic E-state index is 13.1. The first kappa shape index (κ1) is 17.5. The van der Waals surface area contributed by atoms with Gasteiger partial charge in [0.25, 0.3) is 11.8 Å². The minimum absolute atomic E-state index is 0.211. The van der Waals surface area contributed by atoms with Crippen LogP contribution in [-0.2, 0) is 0 Å². The van der Waals surface area contributed by atoms with E-state index in [9.17, 15) is 9.59 Å². The number of amides is 2. The molecule has 28 heavy (non-hydrogen) atoms. The van der Waals surface area contributed by atoms with Crippen LogP contribution < -0.4 is 16.5 Å². The highest BCUT2D eigenvalue weighted by atomic mass is 16.5. The number of anilines is 2. The molecule has 4 aromatic rings. The first-order chi connectivity index (χ1) is 13.6. The molecule has 0 bridgehead atoms. The minimum atomic E-state index is -0.680. The molecule has 2 amide bonds. The van der Waals surface area contributed by atoms with Crippen LogP contribution in [0.25, 0.3) is 21.5 Å². The van der Waals surface area contributed by atoms with Crippen LogP contribution in [0.1, 0.15) is 20.7 Å². The van der Waals surface area contributed by atoms with Crippen LogP contribution in [0.3, 0.4) is 0 Å². The molecule has 0 unspecified atom stereocenters. The van der Waals surface area contributed by atoms with Gasteiger partial charge in [-0.3, -0.25) is 14.8 Å². The summed E-state index contributed by atoms with van der Waals surface area (Å²) in [6, 6.07) is 21.3. The standard InChI is InChI=1S/C22H17N3O3/c23-17-11-3-7-14-8-4-12-18(20(14)17)24-21(26)15-9-1-5-13-6-2-10-16(19(13)15)22(27)25-28/h1-12,28H,23H2,(H,24,26)(H,25,27). The van der Waals surface area contributed by atoms with Gasteiger partial charge < -0.3 is 11.1 Å². The molecule has 6 heteroatoms. The molecule has 0 aliphatic heterocycles. The Hall–Kier alpha value is -3.90. The Morgan fingerprint density at radius 3 is 1.89 bits per heavy atom. The molecule has 4 rings (SSSR count). The van der Waals surface area contributed by atoms with Crippen LogP contribution >= 0.6 is 0 Å². The fourth-order valence-electron chi connectivity index (χ4n) is 3.44. The molecule has 0 atom stereocenters. The minimum Gasteiger partial charge on any atom is -0.398 e. The molecule has 0 aliphatic carbocycles. The summed E-state index contributed by atoms with van der Waals surface area (Å²) >= 11 is 0. The number of hydrogen-bond acceptors (Lipinski definition) is 4. The van der Waals surface area contributed by atoms with E-state index in [0.29, 0.717) is 27.7 Å². The molecule has 6 nitrogen and oxygen atoms in total. The van der Waals surface area contributed by atoms with E-state index in [-0.39, 0.29) is 11.5 Å². The van der Waals surface area contributed by atoms with E-state index in [1.807, 2.05) is 24.3 Å². The zero-order valence-corrected chi connectivity index (χ0v) is 14.8. The highest BCUT2D eigenvalue weighted by Gasteiger charge is 2.17. The van der Waals surface area contributed by atoms with Crippen molar-refractivity contribution >= 4 is 44.7 Å². The number of fused-ring (bicyclic) bond motifs is 2. The van der Waals surface area contributed by atoms with Gasteiger partial charge in [0, 0.05) is 22.0 Å². The van der Waals surface area contributed by atoms with Crippen molar-refractivity contribution < 1.29 is 14.8 Å². The summed E-state index contributed by atoms with van der Waals surface area (Å²) < 4.78 is 0. The lowest BCUT2D eigenvalue weighted by atomic mass is 9.98. The van der Waals surface area contributed by atoms with Crippen molar-refractivity contribution in [3.8, 4) is 0 Å². The molecule has 5 N–H and O–H groups in total. The summed E-state index contributed by atoms with van der Waals surface area (Å²) in [5.74, 6) is -1.06. The quantitative estimate of drug-likeness (QED) is 0.249. The van der Waals surface area contributed by atoms with Gasteiger partial charge in [-0.1, -0.05) is 48.5 Å². The van der Waals surface area contributed by atoms with Crippen molar-refractivity contribution in [2.45, 2.75) is 0 Å². The number of nitrogens with one attached hydrogen (secondary N) is 2. The lowest BCUT2D eigenvalue weighted by Gasteiger charge is -2.13. The first-order valence-electron chi connectivity index (χ1n) is 8.65. The topological polar surface area (TPSA) is 104 Å². The lowest BCUT2D eigenvalue weighted by Crippen LogP contribution is -2.20. The van der Waals surface area contributed by atoms with Crippen molar-refractivity contribution in [2.24, 2.45) is 0 Å². The van der Waals surface area contributed by atoms with E-state index in [0.717, 1.165) is 10.8 Å². The third-order valence-corrected chi connectivity index (χ3v) is 4.68. The van der Waals surface area contributed by atoms with Crippen molar-refractivity contribution in [2.75, 3.05) is 11.1 Å². The van der Waals surface area contributed by atoms with Gasteiger partial charge in [0.15, 0.2) is 0 Å². The number of rotatable bonds is 3. The summed E-state index contributed by atoms with van der Waals surface area (Å²) in [5, 5.41) is 14.8. The molecule has 0 saturated heterocycles. The molecule has 0 aliphatic rings. The zero-order valence-electron chi connectivity index (χ0n) is 14.8. The third kappa shape index (κ3) is 2.91. The second-order valence-electron chi connectivity index (χ2n) is 6.36. The number of carbonyl (C=O) groups is 2. The number of nitrogens with two attached hydrogens (primary N) is 1. The van der Waals surface area contributed by atoms with Gasteiger partial charge in [0.2, 0.25) is 0 Å². The summed E-state index contributed by atoms with van der Waals surface area (Å²) in [6.45, 7) is 0. The molecular formula is C22H17N3O3. The molecule has 0 aromatic heterocycles. The summed E-state index contributed by atoms with van der Waals surface area (Å²) in [5.41, 5.74) is 9.43. The number of hydrogen-bond donors (Lipinski definition) is 4. The molecule has 0 radical (unpaired) electrons. The maximum absolute atomic E-state index is 13.1. The van der Waals surface area contributed by atoms with Crippen molar-refractivity contribution in [1.82, 2.24) is 5.48 Å². The van der Waals surface area contributed by atoms with Gasteiger partial charge in [-0.2, -0.15) is 0 Å². The van der Waals surface area contributed by atoms with Gasteiger partial charge in [-0.25, -0.2) is 5.48 Å². The SMILES string of the molecule is Nc1cccc2cccc(NC(=O)c3cccc4cccc(C(=O)NO)c34)c12. The van der Waals surface area contributed by atoms with Crippen LogP contribution in [0.15, 0.2) is 72.8 Å².